The van der Waals surface area contributed by atoms with Gasteiger partial charge in [-0.2, -0.15) is 0 Å². The van der Waals surface area contributed by atoms with Crippen molar-refractivity contribution < 1.29 is 19.1 Å². The third-order valence-corrected chi connectivity index (χ3v) is 5.41. The third kappa shape index (κ3) is 6.68. The summed E-state index contributed by atoms with van der Waals surface area (Å²) in [4.78, 5) is 40.3. The van der Waals surface area contributed by atoms with Gasteiger partial charge < -0.3 is 15.4 Å². The van der Waals surface area contributed by atoms with Crippen molar-refractivity contribution in [2.45, 2.75) is 45.4 Å². The minimum Gasteiger partial charge on any atom is -0.444 e. The minimum atomic E-state index is -1.26. The molecule has 0 radical (unpaired) electrons. The van der Waals surface area contributed by atoms with E-state index >= 15 is 0 Å². The van der Waals surface area contributed by atoms with Crippen LogP contribution in [0.25, 0.3) is 10.8 Å². The Morgan fingerprint density at radius 3 is 2.24 bits per heavy atom. The number of alkyl carbamates (subject to hydrolysis) is 1. The number of hydrogen-bond acceptors (Lipinski definition) is 4. The molecule has 0 spiro atoms. The zero-order valence-electron chi connectivity index (χ0n) is 21.2. The minimum absolute atomic E-state index is 0.374. The summed E-state index contributed by atoms with van der Waals surface area (Å²) in [7, 11) is 0. The smallest absolute Gasteiger partial charge is 0.408 e. The van der Waals surface area contributed by atoms with E-state index in [1.165, 1.54) is 6.92 Å². The molecule has 0 aliphatic carbocycles. The van der Waals surface area contributed by atoms with Gasteiger partial charge in [-0.05, 0) is 56.7 Å². The molecule has 0 aliphatic rings. The van der Waals surface area contributed by atoms with Gasteiger partial charge in [0.25, 0.3) is 11.8 Å². The molecule has 2 unspecified atom stereocenters. The lowest BCUT2D eigenvalue weighted by atomic mass is 9.98. The third-order valence-electron chi connectivity index (χ3n) is 5.41. The Morgan fingerprint density at radius 2 is 1.59 bits per heavy atom. The van der Waals surface area contributed by atoms with Crippen molar-refractivity contribution in [3.8, 4) is 24.8 Å². The standard InChI is InChI=1S/C30H29N3O4/c1-7-21-13-11-12-16-25(21)26(27(34)32-24-18-17-22-14-9-10-15-23(22)19-24)33(8-2)28(35)20(3)31-29(36)37-30(4,5)6/h1-2,9-20,26H,3-6H3,(H,31,36)(H,32,34). The average molecular weight is 496 g/mol. The molecule has 3 aromatic carbocycles. The van der Waals surface area contributed by atoms with Gasteiger partial charge in [0.1, 0.15) is 11.6 Å². The maximum Gasteiger partial charge on any atom is 0.408 e. The van der Waals surface area contributed by atoms with Gasteiger partial charge >= 0.3 is 6.09 Å². The number of nitrogens with zero attached hydrogens (tertiary/aromatic N) is 1. The van der Waals surface area contributed by atoms with Gasteiger partial charge in [0.15, 0.2) is 6.04 Å². The number of amides is 3. The van der Waals surface area contributed by atoms with Gasteiger partial charge in [-0.1, -0.05) is 60.9 Å². The van der Waals surface area contributed by atoms with Crippen molar-refractivity contribution in [3.05, 3.63) is 77.9 Å². The van der Waals surface area contributed by atoms with E-state index in [2.05, 4.69) is 22.6 Å². The Hall–Kier alpha value is -4.75. The zero-order chi connectivity index (χ0) is 27.2. The first kappa shape index (κ1) is 26.8. The number of benzene rings is 3. The quantitative estimate of drug-likeness (QED) is 0.379. The molecule has 0 bridgehead atoms. The van der Waals surface area contributed by atoms with Crippen LogP contribution < -0.4 is 10.6 Å². The number of ether oxygens (including phenoxy) is 1. The molecule has 0 saturated heterocycles. The first-order chi connectivity index (χ1) is 17.5. The normalized spacial score (nSPS) is 12.4. The van der Waals surface area contributed by atoms with E-state index in [9.17, 15) is 14.4 Å². The number of carbonyl (C=O) groups excluding carboxylic acids is 3. The Labute approximate surface area is 217 Å². The molecular formula is C30H29N3O4. The second-order valence-corrected chi connectivity index (χ2v) is 9.39. The fourth-order valence-electron chi connectivity index (χ4n) is 3.76. The second kappa shape index (κ2) is 11.3. The van der Waals surface area contributed by atoms with Crippen molar-refractivity contribution >= 4 is 34.4 Å². The van der Waals surface area contributed by atoms with Crippen LogP contribution in [0, 0.1) is 24.8 Å². The van der Waals surface area contributed by atoms with Gasteiger partial charge in [-0.15, -0.1) is 6.42 Å². The number of fused-ring (bicyclic) bond motifs is 1. The lowest BCUT2D eigenvalue weighted by molar-refractivity contribution is -0.136. The molecule has 0 aromatic heterocycles. The molecule has 2 atom stereocenters. The van der Waals surface area contributed by atoms with Crippen molar-refractivity contribution in [1.82, 2.24) is 10.2 Å². The van der Waals surface area contributed by atoms with E-state index in [-0.39, 0.29) is 0 Å². The van der Waals surface area contributed by atoms with E-state index < -0.39 is 35.6 Å². The second-order valence-electron chi connectivity index (χ2n) is 9.39. The van der Waals surface area contributed by atoms with Crippen molar-refractivity contribution in [2.75, 3.05) is 5.32 Å². The monoisotopic (exact) mass is 495 g/mol. The van der Waals surface area contributed by atoms with Gasteiger partial charge in [0.2, 0.25) is 0 Å². The molecule has 3 rings (SSSR count). The number of carbonyl (C=O) groups is 3. The van der Waals surface area contributed by atoms with Crippen LogP contribution in [0.4, 0.5) is 10.5 Å². The molecule has 7 heteroatoms. The summed E-state index contributed by atoms with van der Waals surface area (Å²) >= 11 is 0. The molecule has 0 heterocycles. The fraction of sp³-hybridized carbons (Fsp3) is 0.233. The van der Waals surface area contributed by atoms with Crippen LogP contribution in [0.2, 0.25) is 0 Å². The summed E-state index contributed by atoms with van der Waals surface area (Å²) in [6.45, 7) is 6.58. The molecule has 0 saturated carbocycles. The molecular weight excluding hydrogens is 466 g/mol. The lowest BCUT2D eigenvalue weighted by Crippen LogP contribution is -2.49. The number of anilines is 1. The van der Waals surface area contributed by atoms with Crippen molar-refractivity contribution in [2.24, 2.45) is 0 Å². The maximum absolute atomic E-state index is 13.7. The van der Waals surface area contributed by atoms with Crippen molar-refractivity contribution in [1.29, 1.82) is 0 Å². The maximum atomic E-state index is 13.7. The van der Waals surface area contributed by atoms with Gasteiger partial charge in [-0.25, -0.2) is 4.79 Å². The number of rotatable bonds is 6. The zero-order valence-corrected chi connectivity index (χ0v) is 21.2. The SMILES string of the molecule is C#Cc1ccccc1C(C(=O)Nc1ccc2ccccc2c1)N(C#C)C(=O)C(C)NC(=O)OC(C)(C)C. The predicted octanol–water partition coefficient (Wildman–Crippen LogP) is 4.83. The lowest BCUT2D eigenvalue weighted by Gasteiger charge is -2.29. The Morgan fingerprint density at radius 1 is 0.946 bits per heavy atom. The van der Waals surface area contributed by atoms with Crippen LogP contribution in [0.15, 0.2) is 66.7 Å². The highest BCUT2D eigenvalue weighted by molar-refractivity contribution is 6.01. The van der Waals surface area contributed by atoms with Gasteiger partial charge in [0.05, 0.1) is 0 Å². The number of terminal acetylenes is 2. The summed E-state index contributed by atoms with van der Waals surface area (Å²) in [6, 6.07) is 19.9. The number of nitrogens with one attached hydrogen (secondary N) is 2. The summed E-state index contributed by atoms with van der Waals surface area (Å²) < 4.78 is 5.24. The highest BCUT2D eigenvalue weighted by Gasteiger charge is 2.35. The molecule has 188 valence electrons. The van der Waals surface area contributed by atoms with E-state index in [0.29, 0.717) is 16.8 Å². The molecule has 3 amide bonds. The van der Waals surface area contributed by atoms with E-state index in [0.717, 1.165) is 15.7 Å². The van der Waals surface area contributed by atoms with Crippen LogP contribution in [0.5, 0.6) is 0 Å². The molecule has 0 fully saturated rings. The van der Waals surface area contributed by atoms with Crippen LogP contribution in [0.3, 0.4) is 0 Å². The van der Waals surface area contributed by atoms with Gasteiger partial charge in [-0.3, -0.25) is 14.5 Å². The molecule has 0 aliphatic heterocycles. The predicted molar refractivity (Wildman–Crippen MR) is 144 cm³/mol. The van der Waals surface area contributed by atoms with E-state index in [1.54, 1.807) is 51.1 Å². The Bertz CT molecular complexity index is 1410. The average Bonchev–Trinajstić information content (AvgIpc) is 2.85. The molecule has 3 aromatic rings. The van der Waals surface area contributed by atoms with E-state index in [4.69, 9.17) is 17.6 Å². The summed E-state index contributed by atoms with van der Waals surface area (Å²) in [5.74, 6) is 1.30. The first-order valence-electron chi connectivity index (χ1n) is 11.7. The fourth-order valence-corrected chi connectivity index (χ4v) is 3.76. The number of hydrogen-bond donors (Lipinski definition) is 2. The van der Waals surface area contributed by atoms with Gasteiger partial charge in [0, 0.05) is 22.9 Å². The first-order valence-corrected chi connectivity index (χ1v) is 11.7. The van der Waals surface area contributed by atoms with E-state index in [1.807, 2.05) is 36.4 Å². The highest BCUT2D eigenvalue weighted by Crippen LogP contribution is 2.27. The van der Waals surface area contributed by atoms with Crippen LogP contribution >= 0.6 is 0 Å². The summed E-state index contributed by atoms with van der Waals surface area (Å²) in [5, 5.41) is 7.27. The Kier molecular flexibility index (Phi) is 8.22. The Balaban J connectivity index is 1.96. The summed E-state index contributed by atoms with van der Waals surface area (Å²) in [6.07, 6.45) is 10.7. The van der Waals surface area contributed by atoms with Crippen LogP contribution in [0.1, 0.15) is 44.9 Å². The summed E-state index contributed by atoms with van der Waals surface area (Å²) in [5.41, 5.74) is 0.546. The molecule has 37 heavy (non-hydrogen) atoms. The molecule has 2 N–H and O–H groups in total. The molecule has 7 nitrogen and oxygen atoms in total. The largest absolute Gasteiger partial charge is 0.444 e. The topological polar surface area (TPSA) is 87.7 Å². The van der Waals surface area contributed by atoms with Crippen LogP contribution in [-0.4, -0.2) is 34.5 Å². The highest BCUT2D eigenvalue weighted by atomic mass is 16.6. The van der Waals surface area contributed by atoms with Crippen LogP contribution in [-0.2, 0) is 14.3 Å². The van der Waals surface area contributed by atoms with Crippen molar-refractivity contribution in [3.63, 3.8) is 0 Å².